The van der Waals surface area contributed by atoms with Gasteiger partial charge in [-0.25, -0.2) is 0 Å². The van der Waals surface area contributed by atoms with Gasteiger partial charge in [0, 0.05) is 31.1 Å². The molecule has 1 aliphatic rings. The number of carbonyl (C=O) groups excluding carboxylic acids is 1. The Morgan fingerprint density at radius 3 is 2.43 bits per heavy atom. The van der Waals surface area contributed by atoms with Crippen molar-refractivity contribution in [2.24, 2.45) is 0 Å². The number of benzene rings is 1. The first-order valence-corrected chi connectivity index (χ1v) is 8.66. The van der Waals surface area contributed by atoms with Gasteiger partial charge >= 0.3 is 0 Å². The van der Waals surface area contributed by atoms with Crippen LogP contribution in [0.1, 0.15) is 20.1 Å². The van der Waals surface area contributed by atoms with Crippen LogP contribution in [0, 0.1) is 13.8 Å². The number of hydrogen-bond donors (Lipinski definition) is 0. The van der Waals surface area contributed by atoms with Gasteiger partial charge in [0.05, 0.1) is 17.7 Å². The van der Waals surface area contributed by atoms with Gasteiger partial charge in [-0.15, -0.1) is 11.3 Å². The van der Waals surface area contributed by atoms with Gasteiger partial charge in [-0.1, -0.05) is 12.1 Å². The Kier molecular flexibility index (Phi) is 4.57. The normalized spacial score (nSPS) is 14.9. The maximum Gasteiger partial charge on any atom is 0.264 e. The van der Waals surface area contributed by atoms with Crippen molar-refractivity contribution in [3.63, 3.8) is 0 Å². The number of anilines is 1. The van der Waals surface area contributed by atoms with E-state index < -0.39 is 0 Å². The Morgan fingerprint density at radius 1 is 1.13 bits per heavy atom. The minimum absolute atomic E-state index is 0.158. The third-order valence-corrected chi connectivity index (χ3v) is 5.51. The molecule has 0 spiro atoms. The second kappa shape index (κ2) is 6.62. The van der Waals surface area contributed by atoms with Crippen LogP contribution in [0.2, 0.25) is 0 Å². The number of rotatable bonds is 3. The largest absolute Gasteiger partial charge is 0.495 e. The number of piperazine rings is 1. The van der Waals surface area contributed by atoms with Crippen LogP contribution in [0.4, 0.5) is 5.69 Å². The highest BCUT2D eigenvalue weighted by Crippen LogP contribution is 2.29. The van der Waals surface area contributed by atoms with E-state index in [-0.39, 0.29) is 5.91 Å². The lowest BCUT2D eigenvalue weighted by Gasteiger charge is -2.36. The summed E-state index contributed by atoms with van der Waals surface area (Å²) in [7, 11) is 1.69. The van der Waals surface area contributed by atoms with E-state index in [4.69, 9.17) is 4.74 Å². The summed E-state index contributed by atoms with van der Waals surface area (Å²) in [4.78, 5) is 18.9. The lowest BCUT2D eigenvalue weighted by atomic mass is 10.2. The lowest BCUT2D eigenvalue weighted by Crippen LogP contribution is -2.48. The Morgan fingerprint density at radius 2 is 1.83 bits per heavy atom. The van der Waals surface area contributed by atoms with E-state index in [0.29, 0.717) is 0 Å². The number of aryl methyl sites for hydroxylation is 2. The van der Waals surface area contributed by atoms with Crippen molar-refractivity contribution in [1.29, 1.82) is 0 Å². The van der Waals surface area contributed by atoms with Crippen LogP contribution in [-0.2, 0) is 0 Å². The Hall–Kier alpha value is -2.01. The maximum atomic E-state index is 12.6. The molecule has 0 saturated carbocycles. The number of para-hydroxylation sites is 2. The van der Waals surface area contributed by atoms with Crippen LogP contribution in [0.3, 0.4) is 0 Å². The first-order valence-electron chi connectivity index (χ1n) is 7.84. The second-order valence-corrected chi connectivity index (χ2v) is 7.06. The summed E-state index contributed by atoms with van der Waals surface area (Å²) >= 11 is 1.59. The average molecular weight is 330 g/mol. The zero-order chi connectivity index (χ0) is 16.4. The first kappa shape index (κ1) is 15.9. The van der Waals surface area contributed by atoms with Crippen LogP contribution in [0.15, 0.2) is 30.3 Å². The molecular formula is C18H22N2O2S. The van der Waals surface area contributed by atoms with Crippen molar-refractivity contribution in [3.05, 3.63) is 45.6 Å². The summed E-state index contributed by atoms with van der Waals surface area (Å²) in [5.74, 6) is 1.04. The summed E-state index contributed by atoms with van der Waals surface area (Å²) in [6.07, 6.45) is 0. The second-order valence-electron chi connectivity index (χ2n) is 5.80. The molecule has 0 aliphatic carbocycles. The number of carbonyl (C=O) groups is 1. The van der Waals surface area contributed by atoms with Gasteiger partial charge in [0.25, 0.3) is 5.91 Å². The predicted octanol–water partition coefficient (Wildman–Crippen LogP) is 3.34. The molecule has 1 saturated heterocycles. The fraction of sp³-hybridized carbons (Fsp3) is 0.389. The van der Waals surface area contributed by atoms with E-state index in [2.05, 4.69) is 24.8 Å². The highest BCUT2D eigenvalue weighted by atomic mass is 32.1. The number of methoxy groups -OCH3 is 1. The molecular weight excluding hydrogens is 308 g/mol. The number of amides is 1. The summed E-state index contributed by atoms with van der Waals surface area (Å²) in [5, 5.41) is 0. The number of thiophene rings is 1. The Balaban J connectivity index is 1.67. The summed E-state index contributed by atoms with van der Waals surface area (Å²) in [6.45, 7) is 7.27. The number of ether oxygens (including phenoxy) is 1. The molecule has 0 atom stereocenters. The molecule has 0 N–H and O–H groups in total. The summed E-state index contributed by atoms with van der Waals surface area (Å²) in [6, 6.07) is 10.1. The van der Waals surface area contributed by atoms with Crippen molar-refractivity contribution < 1.29 is 9.53 Å². The molecule has 3 rings (SSSR count). The van der Waals surface area contributed by atoms with Crippen LogP contribution in [-0.4, -0.2) is 44.1 Å². The molecule has 4 nitrogen and oxygen atoms in total. The molecule has 1 aromatic heterocycles. The van der Waals surface area contributed by atoms with E-state index in [1.54, 1.807) is 18.4 Å². The molecule has 0 bridgehead atoms. The zero-order valence-corrected chi connectivity index (χ0v) is 14.7. The minimum atomic E-state index is 0.158. The van der Waals surface area contributed by atoms with E-state index in [1.165, 1.54) is 10.4 Å². The van der Waals surface area contributed by atoms with Crippen molar-refractivity contribution in [2.45, 2.75) is 13.8 Å². The Labute approximate surface area is 141 Å². The van der Waals surface area contributed by atoms with Gasteiger partial charge in [0.15, 0.2) is 0 Å². The van der Waals surface area contributed by atoms with Crippen molar-refractivity contribution in [3.8, 4) is 5.75 Å². The zero-order valence-electron chi connectivity index (χ0n) is 13.8. The Bertz CT molecular complexity index is 683. The van der Waals surface area contributed by atoms with Gasteiger partial charge in [-0.05, 0) is 37.6 Å². The third kappa shape index (κ3) is 3.20. The van der Waals surface area contributed by atoms with Gasteiger partial charge < -0.3 is 14.5 Å². The van der Waals surface area contributed by atoms with E-state index in [9.17, 15) is 4.79 Å². The SMILES string of the molecule is COc1ccccc1N1CCN(C(=O)c2cc(C)c(C)s2)CC1. The van der Waals surface area contributed by atoms with Crippen LogP contribution < -0.4 is 9.64 Å². The topological polar surface area (TPSA) is 32.8 Å². The molecule has 5 heteroatoms. The highest BCUT2D eigenvalue weighted by molar-refractivity contribution is 7.14. The molecule has 1 aromatic carbocycles. The number of hydrogen-bond acceptors (Lipinski definition) is 4. The van der Waals surface area contributed by atoms with Gasteiger partial charge in [-0.2, -0.15) is 0 Å². The van der Waals surface area contributed by atoms with Crippen molar-refractivity contribution in [1.82, 2.24) is 4.90 Å². The highest BCUT2D eigenvalue weighted by Gasteiger charge is 2.24. The standard InChI is InChI=1S/C18H22N2O2S/c1-13-12-17(23-14(13)2)18(21)20-10-8-19(9-11-20)15-6-4-5-7-16(15)22-3/h4-7,12H,8-11H2,1-3H3. The van der Waals surface area contributed by atoms with Gasteiger partial charge in [0.1, 0.15) is 5.75 Å². The molecule has 0 unspecified atom stereocenters. The van der Waals surface area contributed by atoms with Gasteiger partial charge in [-0.3, -0.25) is 4.79 Å². The fourth-order valence-electron chi connectivity index (χ4n) is 2.88. The summed E-state index contributed by atoms with van der Waals surface area (Å²) < 4.78 is 5.44. The smallest absolute Gasteiger partial charge is 0.264 e. The molecule has 0 radical (unpaired) electrons. The van der Waals surface area contributed by atoms with E-state index in [1.807, 2.05) is 29.2 Å². The minimum Gasteiger partial charge on any atom is -0.495 e. The summed E-state index contributed by atoms with van der Waals surface area (Å²) in [5.41, 5.74) is 2.30. The molecule has 2 heterocycles. The van der Waals surface area contributed by atoms with Crippen LogP contribution in [0.5, 0.6) is 5.75 Å². The molecule has 23 heavy (non-hydrogen) atoms. The van der Waals surface area contributed by atoms with E-state index >= 15 is 0 Å². The lowest BCUT2D eigenvalue weighted by molar-refractivity contribution is 0.0751. The van der Waals surface area contributed by atoms with E-state index in [0.717, 1.165) is 42.5 Å². The van der Waals surface area contributed by atoms with Crippen LogP contribution in [0.25, 0.3) is 0 Å². The maximum absolute atomic E-state index is 12.6. The molecule has 1 fully saturated rings. The molecule has 122 valence electrons. The molecule has 1 aliphatic heterocycles. The van der Waals surface area contributed by atoms with Crippen molar-refractivity contribution >= 4 is 22.9 Å². The fourth-order valence-corrected chi connectivity index (χ4v) is 3.88. The van der Waals surface area contributed by atoms with Crippen molar-refractivity contribution in [2.75, 3.05) is 38.2 Å². The van der Waals surface area contributed by atoms with Gasteiger partial charge in [0.2, 0.25) is 0 Å². The predicted molar refractivity (Wildman–Crippen MR) is 94.9 cm³/mol. The van der Waals surface area contributed by atoms with Crippen LogP contribution >= 0.6 is 11.3 Å². The monoisotopic (exact) mass is 330 g/mol. The first-order chi connectivity index (χ1) is 11.1. The number of nitrogens with zero attached hydrogens (tertiary/aromatic N) is 2. The quantitative estimate of drug-likeness (QED) is 0.865. The molecule has 2 aromatic rings. The molecule has 1 amide bonds. The average Bonchev–Trinajstić information content (AvgIpc) is 2.93. The third-order valence-electron chi connectivity index (χ3n) is 4.37.